The van der Waals surface area contributed by atoms with Crippen LogP contribution in [0.15, 0.2) is 60.7 Å². The van der Waals surface area contributed by atoms with Gasteiger partial charge in [-0.05, 0) is 104 Å². The van der Waals surface area contributed by atoms with Crippen molar-refractivity contribution in [2.45, 2.75) is 96.4 Å². The third kappa shape index (κ3) is 10.7. The number of carbonyl (C=O) groups is 2. The number of hydrogen-bond acceptors (Lipinski definition) is 5. The molecule has 1 amide bonds. The second-order valence-electron chi connectivity index (χ2n) is 16.1. The normalized spacial score (nSPS) is 15.8. The number of nitrogens with one attached hydrogen (secondary N) is 2. The van der Waals surface area contributed by atoms with Crippen LogP contribution in [0.1, 0.15) is 112 Å². The van der Waals surface area contributed by atoms with E-state index in [1.807, 2.05) is 26.2 Å². The fraction of sp³-hybridized carbons (Fsp3) is 0.524. The zero-order valence-electron chi connectivity index (χ0n) is 31.3. The molecule has 8 heteroatoms. The maximum absolute atomic E-state index is 14.1. The van der Waals surface area contributed by atoms with Crippen LogP contribution in [0.5, 0.6) is 5.75 Å². The molecular weight excluding hydrogens is 632 g/mol. The molecule has 1 aliphatic rings. The first-order valence-corrected chi connectivity index (χ1v) is 18.1. The third-order valence-electron chi connectivity index (χ3n) is 9.67. The number of rotatable bonds is 15. The Morgan fingerprint density at radius 3 is 1.88 bits per heavy atom. The van der Waals surface area contributed by atoms with Gasteiger partial charge in [-0.25, -0.2) is 8.78 Å². The topological polar surface area (TPSA) is 70.7 Å². The van der Waals surface area contributed by atoms with Crippen LogP contribution in [-0.4, -0.2) is 63.0 Å². The molecule has 0 spiro atoms. The van der Waals surface area contributed by atoms with Crippen LogP contribution in [0.25, 0.3) is 0 Å². The summed E-state index contributed by atoms with van der Waals surface area (Å²) in [6, 6.07) is 16.1. The van der Waals surface area contributed by atoms with Crippen molar-refractivity contribution in [2.75, 3.05) is 40.3 Å². The minimum absolute atomic E-state index is 0.00967. The van der Waals surface area contributed by atoms with Crippen molar-refractivity contribution in [2.24, 2.45) is 5.92 Å². The van der Waals surface area contributed by atoms with E-state index in [1.54, 1.807) is 24.3 Å². The van der Waals surface area contributed by atoms with Gasteiger partial charge in [0, 0.05) is 42.1 Å². The van der Waals surface area contributed by atoms with Crippen LogP contribution in [0, 0.1) is 17.6 Å². The number of likely N-dealkylation sites (N-methyl/N-ethyl adjacent to an activating group) is 1. The molecule has 0 saturated carbocycles. The van der Waals surface area contributed by atoms with E-state index < -0.39 is 6.04 Å². The number of nitrogens with zero attached hydrogens (tertiary/aromatic N) is 1. The molecule has 0 aliphatic carbocycles. The number of unbranched alkanes of at least 4 members (excludes halogenated alkanes) is 1. The summed E-state index contributed by atoms with van der Waals surface area (Å²) in [6.07, 6.45) is 3.26. The summed E-state index contributed by atoms with van der Waals surface area (Å²) in [7, 11) is 4.03. The first kappa shape index (κ1) is 39.2. The maximum Gasteiger partial charge on any atom is 0.251 e. The van der Waals surface area contributed by atoms with Gasteiger partial charge in [-0.15, -0.1) is 0 Å². The zero-order valence-corrected chi connectivity index (χ0v) is 31.3. The highest BCUT2D eigenvalue weighted by Gasteiger charge is 2.34. The molecule has 6 nitrogen and oxygen atoms in total. The SMILES string of the molecule is CN(C)CCOc1c(C(C)(C)C)cc(C(=O)NC(C(=O)CCCCC(c2ccc(F)cc2)c2ccc(F)cc2)C2CCNC2)cc1C(C)(C)C. The van der Waals surface area contributed by atoms with Crippen LogP contribution in [-0.2, 0) is 15.6 Å². The molecule has 272 valence electrons. The van der Waals surface area contributed by atoms with Crippen LogP contribution in [0.4, 0.5) is 8.78 Å². The maximum atomic E-state index is 14.1. The molecule has 2 N–H and O–H groups in total. The van der Waals surface area contributed by atoms with Gasteiger partial charge in [0.05, 0.1) is 6.04 Å². The highest BCUT2D eigenvalue weighted by Crippen LogP contribution is 2.41. The first-order valence-electron chi connectivity index (χ1n) is 18.1. The minimum atomic E-state index is -0.602. The molecule has 0 aromatic heterocycles. The van der Waals surface area contributed by atoms with Crippen molar-refractivity contribution >= 4 is 11.7 Å². The average Bonchev–Trinajstić information content (AvgIpc) is 3.58. The second kappa shape index (κ2) is 17.1. The largest absolute Gasteiger partial charge is 0.492 e. The predicted molar refractivity (Wildman–Crippen MR) is 198 cm³/mol. The second-order valence-corrected chi connectivity index (χ2v) is 16.1. The summed E-state index contributed by atoms with van der Waals surface area (Å²) in [5, 5.41) is 6.54. The van der Waals surface area contributed by atoms with E-state index in [-0.39, 0.29) is 46.0 Å². The Morgan fingerprint density at radius 1 is 0.880 bits per heavy atom. The van der Waals surface area contributed by atoms with Crippen LogP contribution in [0.3, 0.4) is 0 Å². The Balaban J connectivity index is 1.52. The lowest BCUT2D eigenvalue weighted by atomic mass is 9.78. The van der Waals surface area contributed by atoms with E-state index in [0.29, 0.717) is 31.6 Å². The van der Waals surface area contributed by atoms with E-state index in [4.69, 9.17) is 4.74 Å². The number of benzene rings is 3. The van der Waals surface area contributed by atoms with Gasteiger partial charge in [-0.1, -0.05) is 72.2 Å². The Kier molecular flexibility index (Phi) is 13.4. The van der Waals surface area contributed by atoms with Crippen LogP contribution < -0.4 is 15.4 Å². The van der Waals surface area contributed by atoms with E-state index in [2.05, 4.69) is 57.1 Å². The lowest BCUT2D eigenvalue weighted by Crippen LogP contribution is -2.46. The van der Waals surface area contributed by atoms with Gasteiger partial charge in [0.15, 0.2) is 5.78 Å². The number of amides is 1. The standard InChI is InChI=1S/C42H57F2N3O3/c1-41(2,3)35-25-31(26-36(42(4,5)6)39(35)50-24-23-47(7)8)40(49)46-38(30-21-22-45-27-30)37(48)12-10-9-11-34(28-13-17-32(43)18-14-28)29-15-19-33(44)20-16-29/h13-20,25-26,30,34,38,45H,9-12,21-24,27H2,1-8H3,(H,46,49). The van der Waals surface area contributed by atoms with Gasteiger partial charge >= 0.3 is 0 Å². The van der Waals surface area contributed by atoms with Gasteiger partial charge in [-0.2, -0.15) is 0 Å². The Morgan fingerprint density at radius 2 is 1.42 bits per heavy atom. The average molecular weight is 690 g/mol. The molecule has 1 aliphatic heterocycles. The van der Waals surface area contributed by atoms with E-state index in [0.717, 1.165) is 60.4 Å². The molecule has 1 heterocycles. The summed E-state index contributed by atoms with van der Waals surface area (Å²) < 4.78 is 33.8. The minimum Gasteiger partial charge on any atom is -0.492 e. The van der Waals surface area contributed by atoms with Crippen molar-refractivity contribution in [1.82, 2.24) is 15.5 Å². The lowest BCUT2D eigenvalue weighted by Gasteiger charge is -2.31. The fourth-order valence-electron chi connectivity index (χ4n) is 6.73. The molecule has 50 heavy (non-hydrogen) atoms. The molecule has 4 rings (SSSR count). The molecule has 0 bridgehead atoms. The monoisotopic (exact) mass is 689 g/mol. The first-order chi connectivity index (χ1) is 23.5. The van der Waals surface area contributed by atoms with Gasteiger partial charge in [0.25, 0.3) is 5.91 Å². The lowest BCUT2D eigenvalue weighted by molar-refractivity contribution is -0.122. The summed E-state index contributed by atoms with van der Waals surface area (Å²) in [5.41, 5.74) is 3.80. The molecular formula is C42H57F2N3O3. The Hall–Kier alpha value is -3.62. The van der Waals surface area contributed by atoms with Gasteiger partial charge in [-0.3, -0.25) is 9.59 Å². The van der Waals surface area contributed by atoms with Gasteiger partial charge in [0.1, 0.15) is 24.0 Å². The van der Waals surface area contributed by atoms with Crippen molar-refractivity contribution < 1.29 is 23.1 Å². The van der Waals surface area contributed by atoms with E-state index in [9.17, 15) is 18.4 Å². The van der Waals surface area contributed by atoms with Crippen molar-refractivity contribution in [3.63, 3.8) is 0 Å². The summed E-state index contributed by atoms with van der Waals surface area (Å²) in [6.45, 7) is 15.6. The number of ether oxygens (including phenoxy) is 1. The summed E-state index contributed by atoms with van der Waals surface area (Å²) in [4.78, 5) is 30.1. The van der Waals surface area contributed by atoms with Crippen molar-refractivity contribution in [3.8, 4) is 5.75 Å². The molecule has 2 atom stereocenters. The van der Waals surface area contributed by atoms with E-state index >= 15 is 0 Å². The number of halogens is 2. The molecule has 3 aromatic carbocycles. The van der Waals surface area contributed by atoms with Crippen LogP contribution in [0.2, 0.25) is 0 Å². The molecule has 0 radical (unpaired) electrons. The number of carbonyl (C=O) groups excluding carboxylic acids is 2. The van der Waals surface area contributed by atoms with Crippen molar-refractivity contribution in [3.05, 3.63) is 100 Å². The highest BCUT2D eigenvalue weighted by molar-refractivity contribution is 5.98. The predicted octanol–water partition coefficient (Wildman–Crippen LogP) is 8.17. The van der Waals surface area contributed by atoms with Gasteiger partial charge in [0.2, 0.25) is 0 Å². The molecule has 2 unspecified atom stereocenters. The van der Waals surface area contributed by atoms with Crippen molar-refractivity contribution in [1.29, 1.82) is 0 Å². The number of Topliss-reactive ketones (excluding diaryl/α,β-unsaturated/α-hetero) is 1. The summed E-state index contributed by atoms with van der Waals surface area (Å²) in [5.74, 6) is -0.0436. The van der Waals surface area contributed by atoms with Gasteiger partial charge < -0.3 is 20.3 Å². The Labute approximate surface area is 298 Å². The number of hydrogen-bond donors (Lipinski definition) is 2. The summed E-state index contributed by atoms with van der Waals surface area (Å²) >= 11 is 0. The third-order valence-corrected chi connectivity index (χ3v) is 9.67. The molecule has 1 saturated heterocycles. The Bertz CT molecular complexity index is 1490. The zero-order chi connectivity index (χ0) is 36.6. The van der Waals surface area contributed by atoms with Crippen LogP contribution >= 0.6 is 0 Å². The highest BCUT2D eigenvalue weighted by atomic mass is 19.1. The quantitative estimate of drug-likeness (QED) is 0.158. The fourth-order valence-corrected chi connectivity index (χ4v) is 6.73. The molecule has 3 aromatic rings. The van der Waals surface area contributed by atoms with E-state index in [1.165, 1.54) is 24.3 Å². The number of ketones is 1. The smallest absolute Gasteiger partial charge is 0.251 e. The molecule has 1 fully saturated rings.